The van der Waals surface area contributed by atoms with Crippen LogP contribution in [0, 0.1) is 0 Å². The number of rotatable bonds is 6. The monoisotopic (exact) mass is 383 g/mol. The Balaban J connectivity index is 4.03. The van der Waals surface area contributed by atoms with Crippen LogP contribution in [0.25, 0.3) is 0 Å². The van der Waals surface area contributed by atoms with Gasteiger partial charge in [-0.1, -0.05) is 13.8 Å². The van der Waals surface area contributed by atoms with E-state index in [4.69, 9.17) is 0 Å². The zero-order chi connectivity index (χ0) is 20.2. The zero-order valence-electron chi connectivity index (χ0n) is 14.5. The molecule has 1 aromatic rings. The molecule has 0 amide bonds. The lowest BCUT2D eigenvalue weighted by Crippen LogP contribution is -2.26. The SMILES string of the molecule is CCOC(=O)c1c(C(F)F)nc(C(F)(F)F)c(C(=O)OCC)c1C(C)C. The maximum Gasteiger partial charge on any atom is 0.434 e. The minimum Gasteiger partial charge on any atom is -0.462 e. The second-order valence-electron chi connectivity index (χ2n) is 5.40. The summed E-state index contributed by atoms with van der Waals surface area (Å²) in [6.45, 7) is 5.03. The number of carbonyl (C=O) groups excluding carboxylic acids is 2. The van der Waals surface area contributed by atoms with Crippen molar-refractivity contribution in [1.82, 2.24) is 4.98 Å². The van der Waals surface area contributed by atoms with Crippen molar-refractivity contribution in [2.24, 2.45) is 0 Å². The first kappa shape index (κ1) is 21.8. The molecule has 26 heavy (non-hydrogen) atoms. The highest BCUT2D eigenvalue weighted by molar-refractivity contribution is 6.00. The fraction of sp³-hybridized carbons (Fsp3) is 0.562. The Labute approximate surface area is 146 Å². The molecule has 0 aliphatic carbocycles. The van der Waals surface area contributed by atoms with E-state index in [-0.39, 0.29) is 13.2 Å². The Morgan fingerprint density at radius 2 is 1.46 bits per heavy atom. The topological polar surface area (TPSA) is 65.5 Å². The molecule has 5 nitrogen and oxygen atoms in total. The molecular formula is C16H18F5NO4. The van der Waals surface area contributed by atoms with Crippen LogP contribution in [-0.4, -0.2) is 30.1 Å². The number of esters is 2. The van der Waals surface area contributed by atoms with Gasteiger partial charge in [-0.15, -0.1) is 0 Å². The molecule has 0 spiro atoms. The largest absolute Gasteiger partial charge is 0.462 e. The van der Waals surface area contributed by atoms with E-state index in [2.05, 4.69) is 14.5 Å². The minimum atomic E-state index is -5.21. The van der Waals surface area contributed by atoms with E-state index in [9.17, 15) is 31.5 Å². The van der Waals surface area contributed by atoms with Gasteiger partial charge in [0.15, 0.2) is 5.69 Å². The van der Waals surface area contributed by atoms with Crippen LogP contribution in [0.4, 0.5) is 22.0 Å². The number of hydrogen-bond donors (Lipinski definition) is 0. The molecule has 0 fully saturated rings. The van der Waals surface area contributed by atoms with Crippen LogP contribution in [-0.2, 0) is 15.7 Å². The molecule has 0 radical (unpaired) electrons. The summed E-state index contributed by atoms with van der Waals surface area (Å²) < 4.78 is 76.2. The van der Waals surface area contributed by atoms with Crippen molar-refractivity contribution in [2.45, 2.75) is 46.2 Å². The van der Waals surface area contributed by atoms with Crippen molar-refractivity contribution < 1.29 is 41.0 Å². The third kappa shape index (κ3) is 4.47. The number of nitrogens with zero attached hydrogens (tertiary/aromatic N) is 1. The van der Waals surface area contributed by atoms with Crippen LogP contribution in [0.1, 0.15) is 77.7 Å². The molecule has 1 rings (SSSR count). The van der Waals surface area contributed by atoms with E-state index in [1.54, 1.807) is 0 Å². The zero-order valence-corrected chi connectivity index (χ0v) is 14.5. The van der Waals surface area contributed by atoms with Crippen molar-refractivity contribution >= 4 is 11.9 Å². The molecule has 1 heterocycles. The maximum absolute atomic E-state index is 13.4. The lowest BCUT2D eigenvalue weighted by atomic mass is 9.89. The predicted octanol–water partition coefficient (Wildman–Crippen LogP) is 4.51. The third-order valence-electron chi connectivity index (χ3n) is 3.28. The number of halogens is 5. The van der Waals surface area contributed by atoms with E-state index in [0.717, 1.165) is 0 Å². The number of ether oxygens (including phenoxy) is 2. The minimum absolute atomic E-state index is 0.200. The highest BCUT2D eigenvalue weighted by Gasteiger charge is 2.43. The fourth-order valence-corrected chi connectivity index (χ4v) is 2.39. The Hall–Kier alpha value is -2.26. The van der Waals surface area contributed by atoms with Gasteiger partial charge in [0.1, 0.15) is 5.69 Å². The lowest BCUT2D eigenvalue weighted by Gasteiger charge is -2.22. The van der Waals surface area contributed by atoms with Crippen molar-refractivity contribution in [1.29, 1.82) is 0 Å². The predicted molar refractivity (Wildman–Crippen MR) is 80.2 cm³/mol. The number of alkyl halides is 5. The molecule has 146 valence electrons. The van der Waals surface area contributed by atoms with Gasteiger partial charge >= 0.3 is 18.1 Å². The second kappa shape index (κ2) is 8.41. The molecule has 0 unspecified atom stereocenters. The van der Waals surface area contributed by atoms with Crippen LogP contribution < -0.4 is 0 Å². The summed E-state index contributed by atoms with van der Waals surface area (Å²) in [6, 6.07) is 0. The highest BCUT2D eigenvalue weighted by Crippen LogP contribution is 2.39. The molecule has 0 saturated carbocycles. The standard InChI is InChI=1S/C16H18F5NO4/c1-5-25-14(23)9-8(7(3)4)10(15(24)26-6-2)12(16(19,20)21)22-11(9)13(17)18/h7,13H,5-6H2,1-4H3. The molecule has 0 bridgehead atoms. The number of hydrogen-bond acceptors (Lipinski definition) is 5. The van der Waals surface area contributed by atoms with Gasteiger partial charge in [-0.05, 0) is 25.3 Å². The van der Waals surface area contributed by atoms with Crippen LogP contribution in [0.15, 0.2) is 0 Å². The van der Waals surface area contributed by atoms with Gasteiger partial charge < -0.3 is 9.47 Å². The van der Waals surface area contributed by atoms with Crippen molar-refractivity contribution in [3.8, 4) is 0 Å². The first-order valence-electron chi connectivity index (χ1n) is 7.74. The summed E-state index contributed by atoms with van der Waals surface area (Å²) in [7, 11) is 0. The summed E-state index contributed by atoms with van der Waals surface area (Å²) in [5.41, 5.74) is -5.62. The van der Waals surface area contributed by atoms with Crippen molar-refractivity contribution in [2.75, 3.05) is 13.2 Å². The van der Waals surface area contributed by atoms with Crippen LogP contribution >= 0.6 is 0 Å². The normalized spacial score (nSPS) is 11.8. The molecule has 0 aliphatic rings. The van der Waals surface area contributed by atoms with Gasteiger partial charge in [0.05, 0.1) is 24.3 Å². The van der Waals surface area contributed by atoms with Gasteiger partial charge in [0.25, 0.3) is 6.43 Å². The first-order valence-corrected chi connectivity index (χ1v) is 7.74. The van der Waals surface area contributed by atoms with Gasteiger partial charge in [-0.3, -0.25) is 0 Å². The maximum atomic E-state index is 13.4. The van der Waals surface area contributed by atoms with Gasteiger partial charge in [-0.25, -0.2) is 23.4 Å². The lowest BCUT2D eigenvalue weighted by molar-refractivity contribution is -0.142. The Morgan fingerprint density at radius 1 is 1.00 bits per heavy atom. The summed E-state index contributed by atoms with van der Waals surface area (Å²) >= 11 is 0. The van der Waals surface area contributed by atoms with E-state index in [0.29, 0.717) is 0 Å². The average Bonchev–Trinajstić information content (AvgIpc) is 2.51. The average molecular weight is 383 g/mol. The van der Waals surface area contributed by atoms with Crippen molar-refractivity contribution in [3.63, 3.8) is 0 Å². The molecule has 0 aliphatic heterocycles. The summed E-state index contributed by atoms with van der Waals surface area (Å²) in [5, 5.41) is 0. The van der Waals surface area contributed by atoms with Crippen LogP contribution in [0.3, 0.4) is 0 Å². The molecule has 0 saturated heterocycles. The van der Waals surface area contributed by atoms with Crippen molar-refractivity contribution in [3.05, 3.63) is 28.1 Å². The number of carbonyl (C=O) groups is 2. The summed E-state index contributed by atoms with van der Waals surface area (Å²) in [6.07, 6.45) is -8.69. The first-order chi connectivity index (χ1) is 12.0. The smallest absolute Gasteiger partial charge is 0.434 e. The van der Waals surface area contributed by atoms with E-state index in [1.165, 1.54) is 27.7 Å². The summed E-state index contributed by atoms with van der Waals surface area (Å²) in [4.78, 5) is 27.2. The van der Waals surface area contributed by atoms with Gasteiger partial charge in [-0.2, -0.15) is 13.2 Å². The fourth-order valence-electron chi connectivity index (χ4n) is 2.39. The number of pyridine rings is 1. The second-order valence-corrected chi connectivity index (χ2v) is 5.40. The molecule has 0 atom stereocenters. The molecule has 0 N–H and O–H groups in total. The quantitative estimate of drug-likeness (QED) is 0.534. The van der Waals surface area contributed by atoms with Gasteiger partial charge in [0.2, 0.25) is 0 Å². The molecular weight excluding hydrogens is 365 g/mol. The van der Waals surface area contributed by atoms with E-state index in [1.807, 2.05) is 0 Å². The van der Waals surface area contributed by atoms with Gasteiger partial charge in [0, 0.05) is 0 Å². The highest BCUT2D eigenvalue weighted by atomic mass is 19.4. The van der Waals surface area contributed by atoms with E-state index >= 15 is 0 Å². The summed E-state index contributed by atoms with van der Waals surface area (Å²) in [5.74, 6) is -3.57. The van der Waals surface area contributed by atoms with Crippen LogP contribution in [0.2, 0.25) is 0 Å². The Kier molecular flexibility index (Phi) is 7.05. The van der Waals surface area contributed by atoms with Crippen LogP contribution in [0.5, 0.6) is 0 Å². The number of aromatic nitrogens is 1. The molecule has 1 aromatic heterocycles. The van der Waals surface area contributed by atoms with E-state index < -0.39 is 58.5 Å². The Bertz CT molecular complexity index is 686. The molecule has 0 aromatic carbocycles. The third-order valence-corrected chi connectivity index (χ3v) is 3.28. The Morgan fingerprint density at radius 3 is 1.81 bits per heavy atom. The molecule has 10 heteroatoms.